The molecule has 0 bridgehead atoms. The van der Waals surface area contributed by atoms with Gasteiger partial charge in [0, 0.05) is 6.92 Å². The lowest BCUT2D eigenvalue weighted by Gasteiger charge is -2.48. The number of carbonyl (C=O) groups excluding carboxylic acids is 1. The van der Waals surface area contributed by atoms with Crippen LogP contribution in [0.4, 0.5) is 0 Å². The maximum atomic E-state index is 11.5. The Labute approximate surface area is 210 Å². The average Bonchev–Trinajstić information content (AvgIpc) is 2.86. The fraction of sp³-hybridized carbons (Fsp3) is 0.950. The van der Waals surface area contributed by atoms with Crippen LogP contribution < -0.4 is 5.32 Å². The summed E-state index contributed by atoms with van der Waals surface area (Å²) in [6, 6.07) is -1.40. The molecule has 11 N–H and O–H groups in total. The van der Waals surface area contributed by atoms with E-state index in [0.29, 0.717) is 0 Å². The van der Waals surface area contributed by atoms with Gasteiger partial charge in [-0.05, 0) is 0 Å². The third-order valence-electron chi connectivity index (χ3n) is 6.50. The molecule has 15 atom stereocenters. The largest absolute Gasteiger partial charge is 0.394 e. The number of nitrogens with one attached hydrogen (secondary N) is 1. The molecule has 37 heavy (non-hydrogen) atoms. The van der Waals surface area contributed by atoms with E-state index in [1.54, 1.807) is 0 Å². The van der Waals surface area contributed by atoms with Crippen molar-refractivity contribution >= 4 is 5.91 Å². The molecule has 0 aromatic carbocycles. The van der Waals surface area contributed by atoms with Crippen molar-refractivity contribution in [3.8, 4) is 0 Å². The average molecular weight is 545 g/mol. The van der Waals surface area contributed by atoms with Gasteiger partial charge in [0.1, 0.15) is 73.2 Å². The van der Waals surface area contributed by atoms with E-state index in [2.05, 4.69) is 5.32 Å². The van der Waals surface area contributed by atoms with E-state index >= 15 is 0 Å². The van der Waals surface area contributed by atoms with Crippen LogP contribution in [0.1, 0.15) is 6.92 Å². The van der Waals surface area contributed by atoms with Gasteiger partial charge in [0.05, 0.1) is 19.8 Å². The summed E-state index contributed by atoms with van der Waals surface area (Å²) < 4.78 is 26.9. The van der Waals surface area contributed by atoms with Gasteiger partial charge in [0.15, 0.2) is 18.9 Å². The zero-order valence-corrected chi connectivity index (χ0v) is 19.7. The molecule has 17 nitrogen and oxygen atoms in total. The predicted octanol–water partition coefficient (Wildman–Crippen LogP) is -7.43. The van der Waals surface area contributed by atoms with Crippen molar-refractivity contribution in [2.45, 2.75) is 99.0 Å². The Kier molecular flexibility index (Phi) is 10.5. The molecule has 216 valence electrons. The highest BCUT2D eigenvalue weighted by molar-refractivity contribution is 5.73. The number of carbonyl (C=O) groups is 1. The Balaban J connectivity index is 1.80. The minimum absolute atomic E-state index is 0.627. The number of rotatable bonds is 8. The van der Waals surface area contributed by atoms with Gasteiger partial charge in [-0.25, -0.2) is 0 Å². The monoisotopic (exact) mass is 545 g/mol. The standard InChI is InChI=1S/C20H35NO16/c1-5(25)21-9-12(28)16(8(4-24)33-18(9)32)36-20-15(31)17(11(27)7(3-23)35-20)37-19-14(30)13(29)10(26)6(2-22)34-19/h6-20,22-24,26-32H,2-4H2,1H3,(H,21,25)/t6-,7-,8-,9-,10-,11-,12-,13+,14+,15+,16-,17+,18+,19-,20+/m1/s1. The van der Waals surface area contributed by atoms with E-state index in [0.717, 1.165) is 6.92 Å². The lowest BCUT2D eigenvalue weighted by atomic mass is 9.95. The first-order chi connectivity index (χ1) is 17.4. The number of amides is 1. The second-order valence-electron chi connectivity index (χ2n) is 9.07. The minimum atomic E-state index is -1.91. The highest BCUT2D eigenvalue weighted by Crippen LogP contribution is 2.32. The predicted molar refractivity (Wildman–Crippen MR) is 113 cm³/mol. The van der Waals surface area contributed by atoms with Crippen LogP contribution in [0, 0.1) is 0 Å². The van der Waals surface area contributed by atoms with E-state index < -0.39 is 118 Å². The van der Waals surface area contributed by atoms with Crippen molar-refractivity contribution in [1.82, 2.24) is 5.32 Å². The first-order valence-electron chi connectivity index (χ1n) is 11.6. The highest BCUT2D eigenvalue weighted by Gasteiger charge is 2.53. The van der Waals surface area contributed by atoms with Crippen LogP contribution in [-0.4, -0.2) is 169 Å². The molecule has 3 fully saturated rings. The van der Waals surface area contributed by atoms with E-state index in [-0.39, 0.29) is 0 Å². The molecule has 17 heteroatoms. The number of ether oxygens (including phenoxy) is 5. The molecular weight excluding hydrogens is 510 g/mol. The smallest absolute Gasteiger partial charge is 0.217 e. The third kappa shape index (κ3) is 6.38. The summed E-state index contributed by atoms with van der Waals surface area (Å²) in [5.41, 5.74) is 0. The van der Waals surface area contributed by atoms with Gasteiger partial charge in [-0.15, -0.1) is 0 Å². The molecule has 0 unspecified atom stereocenters. The summed E-state index contributed by atoms with van der Waals surface area (Å²) in [5.74, 6) is -0.627. The van der Waals surface area contributed by atoms with Crippen molar-refractivity contribution in [2.24, 2.45) is 0 Å². The van der Waals surface area contributed by atoms with Crippen molar-refractivity contribution < 1.29 is 79.5 Å². The van der Waals surface area contributed by atoms with Crippen molar-refractivity contribution in [2.75, 3.05) is 19.8 Å². The van der Waals surface area contributed by atoms with Crippen LogP contribution in [0.2, 0.25) is 0 Å². The maximum Gasteiger partial charge on any atom is 0.217 e. The Hall–Kier alpha value is -1.13. The van der Waals surface area contributed by atoms with E-state index in [1.807, 2.05) is 0 Å². The second kappa shape index (κ2) is 12.8. The summed E-state index contributed by atoms with van der Waals surface area (Å²) >= 11 is 0. The first kappa shape index (κ1) is 30.4. The molecule has 0 radical (unpaired) electrons. The lowest BCUT2D eigenvalue weighted by Crippen LogP contribution is -2.68. The SMILES string of the molecule is CC(=O)N[C@@H]1[C@@H](O)[C@H](O[C@@H]2O[C@H](CO)[C@@H](O)[C@H](O[C@H]3O[C@H](CO)[C@@H](O)[C@H](O)[C@@H]3O)[C@@H]2O)[C@@H](CO)O[C@@H]1O. The molecule has 0 aromatic rings. The molecule has 3 rings (SSSR count). The summed E-state index contributed by atoms with van der Waals surface area (Å²) in [4.78, 5) is 11.5. The Morgan fingerprint density at radius 2 is 1.16 bits per heavy atom. The zero-order valence-electron chi connectivity index (χ0n) is 19.7. The normalized spacial score (nSPS) is 49.0. The molecule has 3 aliphatic heterocycles. The van der Waals surface area contributed by atoms with Gasteiger partial charge in [0.2, 0.25) is 5.91 Å². The Morgan fingerprint density at radius 1 is 0.649 bits per heavy atom. The molecule has 0 spiro atoms. The van der Waals surface area contributed by atoms with Crippen molar-refractivity contribution in [3.05, 3.63) is 0 Å². The minimum Gasteiger partial charge on any atom is -0.394 e. The fourth-order valence-electron chi connectivity index (χ4n) is 4.46. The van der Waals surface area contributed by atoms with E-state index in [4.69, 9.17) is 23.7 Å². The van der Waals surface area contributed by atoms with Gasteiger partial charge < -0.3 is 80.1 Å². The van der Waals surface area contributed by atoms with E-state index in [9.17, 15) is 55.9 Å². The van der Waals surface area contributed by atoms with E-state index in [1.165, 1.54) is 0 Å². The summed E-state index contributed by atoms with van der Waals surface area (Å²) in [5, 5.41) is 103. The van der Waals surface area contributed by atoms with Gasteiger partial charge in [0.25, 0.3) is 0 Å². The van der Waals surface area contributed by atoms with Crippen LogP contribution >= 0.6 is 0 Å². The van der Waals surface area contributed by atoms with Gasteiger partial charge in [-0.2, -0.15) is 0 Å². The lowest BCUT2D eigenvalue weighted by molar-refractivity contribution is -0.375. The number of hydrogen-bond donors (Lipinski definition) is 11. The number of aliphatic hydroxyl groups is 10. The van der Waals surface area contributed by atoms with Crippen LogP contribution in [-0.2, 0) is 28.5 Å². The molecule has 1 amide bonds. The topological polar surface area (TPSA) is 278 Å². The second-order valence-corrected chi connectivity index (χ2v) is 9.07. The highest BCUT2D eigenvalue weighted by atomic mass is 16.7. The Bertz CT molecular complexity index is 745. The van der Waals surface area contributed by atoms with Crippen LogP contribution in [0.5, 0.6) is 0 Å². The quantitative estimate of drug-likeness (QED) is 0.135. The Morgan fingerprint density at radius 3 is 1.70 bits per heavy atom. The first-order valence-corrected chi connectivity index (χ1v) is 11.6. The summed E-state index contributed by atoms with van der Waals surface area (Å²) in [6.45, 7) is -1.23. The zero-order chi connectivity index (χ0) is 27.6. The van der Waals surface area contributed by atoms with Gasteiger partial charge in [-0.3, -0.25) is 4.79 Å². The summed E-state index contributed by atoms with van der Waals surface area (Å²) in [7, 11) is 0. The molecular formula is C20H35NO16. The van der Waals surface area contributed by atoms with Crippen molar-refractivity contribution in [3.63, 3.8) is 0 Å². The molecule has 0 saturated carbocycles. The van der Waals surface area contributed by atoms with Crippen molar-refractivity contribution in [1.29, 1.82) is 0 Å². The van der Waals surface area contributed by atoms with Crippen LogP contribution in [0.3, 0.4) is 0 Å². The van der Waals surface area contributed by atoms with Gasteiger partial charge >= 0.3 is 0 Å². The molecule has 3 aliphatic rings. The molecule has 3 saturated heterocycles. The molecule has 0 aliphatic carbocycles. The number of aliphatic hydroxyl groups excluding tert-OH is 10. The third-order valence-corrected chi connectivity index (χ3v) is 6.50. The maximum absolute atomic E-state index is 11.5. The molecule has 0 aromatic heterocycles. The fourth-order valence-corrected chi connectivity index (χ4v) is 4.46. The number of hydrogen-bond acceptors (Lipinski definition) is 16. The van der Waals surface area contributed by atoms with Crippen LogP contribution in [0.15, 0.2) is 0 Å². The summed E-state index contributed by atoms with van der Waals surface area (Å²) in [6.07, 6.45) is -23.4. The van der Waals surface area contributed by atoms with Gasteiger partial charge in [-0.1, -0.05) is 0 Å². The molecule has 3 heterocycles. The van der Waals surface area contributed by atoms with Crippen LogP contribution in [0.25, 0.3) is 0 Å².